The molecule has 4 aliphatic carbocycles. The Morgan fingerprint density at radius 2 is 1.54 bits per heavy atom. The van der Waals surface area contributed by atoms with Crippen LogP contribution in [0.1, 0.15) is 32.1 Å². The van der Waals surface area contributed by atoms with E-state index in [-0.39, 0.29) is 0 Å². The molecule has 4 bridgehead atoms. The van der Waals surface area contributed by atoms with Crippen LogP contribution < -0.4 is 0 Å². The molecule has 0 nitrogen and oxygen atoms in total. The Kier molecular flexibility index (Phi) is 1.94. The Morgan fingerprint density at radius 1 is 1.00 bits per heavy atom. The molecule has 0 N–H and O–H groups in total. The fraction of sp³-hybridized carbons (Fsp3) is 0.833. The molecule has 0 heterocycles. The van der Waals surface area contributed by atoms with E-state index in [4.69, 9.17) is 11.6 Å². The SMILES string of the molecule is ClCC=C1C2CC3CC(C2)CC1C3. The minimum absolute atomic E-state index is 0.734. The molecule has 0 atom stereocenters. The van der Waals surface area contributed by atoms with E-state index in [1.165, 1.54) is 25.7 Å². The summed E-state index contributed by atoms with van der Waals surface area (Å²) in [5.41, 5.74) is 1.74. The molecule has 0 aromatic rings. The molecule has 0 amide bonds. The maximum Gasteiger partial charge on any atom is 0.0406 e. The van der Waals surface area contributed by atoms with Gasteiger partial charge in [0.05, 0.1) is 0 Å². The second-order valence-corrected chi connectivity index (χ2v) is 5.47. The van der Waals surface area contributed by atoms with Gasteiger partial charge in [0.1, 0.15) is 0 Å². The quantitative estimate of drug-likeness (QED) is 0.444. The molecule has 0 saturated heterocycles. The summed E-state index contributed by atoms with van der Waals surface area (Å²) in [4.78, 5) is 0. The summed E-state index contributed by atoms with van der Waals surface area (Å²) in [7, 11) is 0. The molecular formula is C12H17Cl. The molecule has 4 saturated carbocycles. The van der Waals surface area contributed by atoms with Gasteiger partial charge in [-0.15, -0.1) is 11.6 Å². The van der Waals surface area contributed by atoms with Crippen LogP contribution in [0, 0.1) is 23.7 Å². The largest absolute Gasteiger partial charge is 0.122 e. The summed E-state index contributed by atoms with van der Waals surface area (Å²) in [5, 5.41) is 0. The zero-order valence-electron chi connectivity index (χ0n) is 8.01. The fourth-order valence-electron chi connectivity index (χ4n) is 4.15. The van der Waals surface area contributed by atoms with Gasteiger partial charge in [0.2, 0.25) is 0 Å². The highest BCUT2D eigenvalue weighted by Gasteiger charge is 2.44. The molecule has 0 aliphatic heterocycles. The Balaban J connectivity index is 1.89. The monoisotopic (exact) mass is 196 g/mol. The van der Waals surface area contributed by atoms with Crippen molar-refractivity contribution < 1.29 is 0 Å². The van der Waals surface area contributed by atoms with Crippen molar-refractivity contribution in [1.82, 2.24) is 0 Å². The zero-order valence-corrected chi connectivity index (χ0v) is 8.76. The first kappa shape index (κ1) is 8.35. The van der Waals surface area contributed by atoms with E-state index >= 15 is 0 Å². The molecule has 0 aromatic carbocycles. The van der Waals surface area contributed by atoms with E-state index < -0.39 is 0 Å². The van der Waals surface area contributed by atoms with Gasteiger partial charge in [-0.1, -0.05) is 11.6 Å². The van der Waals surface area contributed by atoms with E-state index in [2.05, 4.69) is 6.08 Å². The van der Waals surface area contributed by atoms with E-state index in [0.29, 0.717) is 0 Å². The standard InChI is InChI=1S/C12H17Cl/c13-2-1-12-10-4-8-3-9(6-10)7-11(12)5-8/h1,8-11H,2-7H2. The van der Waals surface area contributed by atoms with E-state index in [1.54, 1.807) is 12.0 Å². The van der Waals surface area contributed by atoms with Crippen molar-refractivity contribution in [1.29, 1.82) is 0 Å². The first-order valence-corrected chi connectivity index (χ1v) is 6.16. The minimum atomic E-state index is 0.734. The molecule has 1 heteroatoms. The van der Waals surface area contributed by atoms with Crippen molar-refractivity contribution in [2.75, 3.05) is 5.88 Å². The lowest BCUT2D eigenvalue weighted by molar-refractivity contribution is 0.0695. The van der Waals surface area contributed by atoms with Crippen LogP contribution in [0.4, 0.5) is 0 Å². The minimum Gasteiger partial charge on any atom is -0.122 e. The summed E-state index contributed by atoms with van der Waals surface area (Å²) in [6.07, 6.45) is 9.78. The Bertz CT molecular complexity index is 212. The maximum absolute atomic E-state index is 5.82. The van der Waals surface area contributed by atoms with Crippen molar-refractivity contribution in [3.8, 4) is 0 Å². The highest BCUT2D eigenvalue weighted by molar-refractivity contribution is 6.18. The van der Waals surface area contributed by atoms with E-state index in [0.717, 1.165) is 29.6 Å². The number of allylic oxidation sites excluding steroid dienone is 2. The number of rotatable bonds is 1. The predicted molar refractivity (Wildman–Crippen MR) is 55.8 cm³/mol. The number of halogens is 1. The average molecular weight is 197 g/mol. The highest BCUT2D eigenvalue weighted by Crippen LogP contribution is 2.56. The lowest BCUT2D eigenvalue weighted by atomic mass is 9.54. The summed E-state index contributed by atoms with van der Waals surface area (Å²) >= 11 is 5.82. The Morgan fingerprint density at radius 3 is 2.00 bits per heavy atom. The van der Waals surface area contributed by atoms with Gasteiger partial charge in [-0.2, -0.15) is 0 Å². The highest BCUT2D eigenvalue weighted by atomic mass is 35.5. The van der Waals surface area contributed by atoms with Crippen molar-refractivity contribution in [2.24, 2.45) is 23.7 Å². The van der Waals surface area contributed by atoms with Crippen LogP contribution >= 0.6 is 11.6 Å². The van der Waals surface area contributed by atoms with Gasteiger partial charge in [-0.25, -0.2) is 0 Å². The number of alkyl halides is 1. The van der Waals surface area contributed by atoms with Crippen LogP contribution in [0.3, 0.4) is 0 Å². The normalized spacial score (nSPS) is 47.0. The molecule has 0 radical (unpaired) electrons. The van der Waals surface area contributed by atoms with E-state index in [9.17, 15) is 0 Å². The smallest absolute Gasteiger partial charge is 0.0406 e. The molecule has 0 spiro atoms. The predicted octanol–water partition coefficient (Wildman–Crippen LogP) is 3.61. The molecule has 72 valence electrons. The Labute approximate surface area is 85.3 Å². The third kappa shape index (κ3) is 1.26. The molecule has 13 heavy (non-hydrogen) atoms. The van der Waals surface area contributed by atoms with Crippen molar-refractivity contribution in [3.63, 3.8) is 0 Å². The number of hydrogen-bond donors (Lipinski definition) is 0. The van der Waals surface area contributed by atoms with Crippen LogP contribution in [-0.2, 0) is 0 Å². The zero-order chi connectivity index (χ0) is 8.84. The third-order valence-corrected chi connectivity index (χ3v) is 4.55. The third-order valence-electron chi connectivity index (χ3n) is 4.39. The van der Waals surface area contributed by atoms with Crippen LogP contribution in [0.15, 0.2) is 11.6 Å². The van der Waals surface area contributed by atoms with Gasteiger partial charge in [0.25, 0.3) is 0 Å². The molecule has 0 unspecified atom stereocenters. The number of hydrogen-bond acceptors (Lipinski definition) is 0. The van der Waals surface area contributed by atoms with Gasteiger partial charge < -0.3 is 0 Å². The van der Waals surface area contributed by atoms with Crippen molar-refractivity contribution in [3.05, 3.63) is 11.6 Å². The first-order valence-electron chi connectivity index (χ1n) is 5.62. The summed E-state index contributed by atoms with van der Waals surface area (Å²) in [6, 6.07) is 0. The van der Waals surface area contributed by atoms with Crippen LogP contribution in [0.25, 0.3) is 0 Å². The molecule has 4 aliphatic rings. The van der Waals surface area contributed by atoms with Crippen LogP contribution in [0.2, 0.25) is 0 Å². The van der Waals surface area contributed by atoms with Gasteiger partial charge in [0.15, 0.2) is 0 Å². The summed E-state index contributed by atoms with van der Waals surface area (Å²) < 4.78 is 0. The maximum atomic E-state index is 5.82. The van der Waals surface area contributed by atoms with Gasteiger partial charge in [0, 0.05) is 5.88 Å². The molecule has 4 fully saturated rings. The molecule has 0 aromatic heterocycles. The van der Waals surface area contributed by atoms with Gasteiger partial charge in [-0.05, 0) is 55.8 Å². The van der Waals surface area contributed by atoms with Gasteiger partial charge >= 0.3 is 0 Å². The second-order valence-electron chi connectivity index (χ2n) is 5.16. The fourth-order valence-corrected chi connectivity index (χ4v) is 4.33. The topological polar surface area (TPSA) is 0 Å². The van der Waals surface area contributed by atoms with Crippen molar-refractivity contribution >= 4 is 11.6 Å². The first-order chi connectivity index (χ1) is 6.36. The summed E-state index contributed by atoms with van der Waals surface area (Å²) in [5.74, 6) is 4.77. The molecular weight excluding hydrogens is 180 g/mol. The van der Waals surface area contributed by atoms with Gasteiger partial charge in [-0.3, -0.25) is 0 Å². The molecule has 4 rings (SSSR count). The average Bonchev–Trinajstić information content (AvgIpc) is 2.10. The second kappa shape index (κ2) is 3.02. The lowest BCUT2D eigenvalue weighted by Gasteiger charge is -2.51. The lowest BCUT2D eigenvalue weighted by Crippen LogP contribution is -2.40. The van der Waals surface area contributed by atoms with E-state index in [1.807, 2.05) is 0 Å². The summed E-state index contributed by atoms with van der Waals surface area (Å²) in [6.45, 7) is 0. The Hall–Kier alpha value is 0.0300. The van der Waals surface area contributed by atoms with Crippen LogP contribution in [0.5, 0.6) is 0 Å². The van der Waals surface area contributed by atoms with Crippen LogP contribution in [-0.4, -0.2) is 5.88 Å². The van der Waals surface area contributed by atoms with Crippen molar-refractivity contribution in [2.45, 2.75) is 32.1 Å².